The molecule has 1 aliphatic heterocycles. The Labute approximate surface area is 108 Å². The van der Waals surface area contributed by atoms with Crippen LogP contribution < -0.4 is 5.32 Å². The van der Waals surface area contributed by atoms with Crippen LogP contribution in [0.1, 0.15) is 25.7 Å². The van der Waals surface area contributed by atoms with Gasteiger partial charge in [0.25, 0.3) is 0 Å². The molecule has 0 unspecified atom stereocenters. The highest BCUT2D eigenvalue weighted by Gasteiger charge is 2.27. The largest absolute Gasteiger partial charge is 0.344 e. The van der Waals surface area contributed by atoms with E-state index in [1.807, 2.05) is 23.7 Å². The zero-order chi connectivity index (χ0) is 10.7. The van der Waals surface area contributed by atoms with Gasteiger partial charge < -0.3 is 4.90 Å². The van der Waals surface area contributed by atoms with Gasteiger partial charge in [-0.3, -0.25) is 10.1 Å². The molecule has 1 heterocycles. The Hall–Kier alpha value is 0.0700. The molecule has 1 amide bonds. The third kappa shape index (κ3) is 3.54. The fraction of sp³-hybridized carbons (Fsp3) is 0.909. The molecule has 2 fully saturated rings. The third-order valence-electron chi connectivity index (χ3n) is 3.40. The molecule has 0 aromatic heterocycles. The normalized spacial score (nSPS) is 25.4. The van der Waals surface area contributed by atoms with Crippen molar-refractivity contribution in [2.75, 3.05) is 25.2 Å². The number of carbonyl (C=O) groups is 1. The summed E-state index contributed by atoms with van der Waals surface area (Å²) in [5.41, 5.74) is 0. The van der Waals surface area contributed by atoms with Crippen molar-refractivity contribution < 1.29 is 4.79 Å². The van der Waals surface area contributed by atoms with Gasteiger partial charge in [0.15, 0.2) is 0 Å². The van der Waals surface area contributed by atoms with Gasteiger partial charge in [-0.15, -0.1) is 24.2 Å². The van der Waals surface area contributed by atoms with E-state index in [-0.39, 0.29) is 24.4 Å². The Bertz CT molecular complexity index is 228. The molecule has 1 saturated heterocycles. The molecule has 3 nitrogen and oxygen atoms in total. The van der Waals surface area contributed by atoms with Crippen molar-refractivity contribution in [2.45, 2.75) is 31.7 Å². The predicted octanol–water partition coefficient (Wildman–Crippen LogP) is 1.72. The Kier molecular flexibility index (Phi) is 5.94. The summed E-state index contributed by atoms with van der Waals surface area (Å²) in [6, 6.07) is 0.0707. The zero-order valence-electron chi connectivity index (χ0n) is 9.78. The summed E-state index contributed by atoms with van der Waals surface area (Å²) in [5.74, 6) is 2.90. The van der Waals surface area contributed by atoms with Gasteiger partial charge in [-0.05, 0) is 18.8 Å². The zero-order valence-corrected chi connectivity index (χ0v) is 11.4. The van der Waals surface area contributed by atoms with Gasteiger partial charge >= 0.3 is 0 Å². The Morgan fingerprint density at radius 3 is 2.69 bits per heavy atom. The van der Waals surface area contributed by atoms with E-state index in [4.69, 9.17) is 0 Å². The number of carbonyl (C=O) groups excluding carboxylic acids is 1. The highest BCUT2D eigenvalue weighted by Crippen LogP contribution is 2.25. The van der Waals surface area contributed by atoms with Crippen molar-refractivity contribution in [2.24, 2.45) is 5.92 Å². The SMILES string of the molecule is CN(CC1CCCC1)C(=O)[C@H]1CSCN1.Cl. The Morgan fingerprint density at radius 2 is 2.12 bits per heavy atom. The Morgan fingerprint density at radius 1 is 1.44 bits per heavy atom. The topological polar surface area (TPSA) is 32.3 Å². The third-order valence-corrected chi connectivity index (χ3v) is 4.34. The van der Waals surface area contributed by atoms with Crippen LogP contribution in [0, 0.1) is 5.92 Å². The Balaban J connectivity index is 0.00000128. The van der Waals surface area contributed by atoms with Crippen LogP contribution in [0.4, 0.5) is 0 Å². The van der Waals surface area contributed by atoms with Gasteiger partial charge in [0.1, 0.15) is 0 Å². The summed E-state index contributed by atoms with van der Waals surface area (Å²) < 4.78 is 0. The molecular formula is C11H21ClN2OS. The lowest BCUT2D eigenvalue weighted by molar-refractivity contribution is -0.131. The van der Waals surface area contributed by atoms with E-state index in [2.05, 4.69) is 5.32 Å². The van der Waals surface area contributed by atoms with Crippen molar-refractivity contribution in [1.29, 1.82) is 0 Å². The minimum atomic E-state index is 0. The van der Waals surface area contributed by atoms with Gasteiger partial charge in [0.2, 0.25) is 5.91 Å². The van der Waals surface area contributed by atoms with E-state index >= 15 is 0 Å². The van der Waals surface area contributed by atoms with Gasteiger partial charge in [-0.1, -0.05) is 12.8 Å². The van der Waals surface area contributed by atoms with Crippen LogP contribution in [0.15, 0.2) is 0 Å². The van der Waals surface area contributed by atoms with E-state index < -0.39 is 0 Å². The first-order valence-electron chi connectivity index (χ1n) is 5.83. The van der Waals surface area contributed by atoms with Gasteiger partial charge in [0, 0.05) is 25.2 Å². The first-order valence-corrected chi connectivity index (χ1v) is 6.99. The van der Waals surface area contributed by atoms with Crippen LogP contribution in [0.3, 0.4) is 0 Å². The monoisotopic (exact) mass is 264 g/mol. The molecule has 94 valence electrons. The molecular weight excluding hydrogens is 244 g/mol. The van der Waals surface area contributed by atoms with Crippen LogP contribution in [-0.2, 0) is 4.79 Å². The van der Waals surface area contributed by atoms with Crippen molar-refractivity contribution in [3.8, 4) is 0 Å². The quantitative estimate of drug-likeness (QED) is 0.843. The number of likely N-dealkylation sites (N-methyl/N-ethyl adjacent to an activating group) is 1. The first kappa shape index (κ1) is 14.1. The number of hydrogen-bond acceptors (Lipinski definition) is 3. The van der Waals surface area contributed by atoms with Gasteiger partial charge in [-0.2, -0.15) is 0 Å². The van der Waals surface area contributed by atoms with E-state index in [1.165, 1.54) is 25.7 Å². The second kappa shape index (κ2) is 6.72. The molecule has 0 aromatic carbocycles. The van der Waals surface area contributed by atoms with E-state index in [0.29, 0.717) is 0 Å². The summed E-state index contributed by atoms with van der Waals surface area (Å²) in [6.45, 7) is 0.960. The van der Waals surface area contributed by atoms with Crippen LogP contribution in [0.25, 0.3) is 0 Å². The fourth-order valence-corrected chi connectivity index (χ4v) is 3.42. The number of thioether (sulfide) groups is 1. The smallest absolute Gasteiger partial charge is 0.240 e. The number of rotatable bonds is 3. The summed E-state index contributed by atoms with van der Waals surface area (Å²) in [5, 5.41) is 3.23. The molecule has 1 N–H and O–H groups in total. The molecule has 0 bridgehead atoms. The minimum Gasteiger partial charge on any atom is -0.344 e. The molecule has 5 heteroatoms. The number of nitrogens with zero attached hydrogens (tertiary/aromatic N) is 1. The van der Waals surface area contributed by atoms with Crippen molar-refractivity contribution in [3.05, 3.63) is 0 Å². The maximum absolute atomic E-state index is 12.0. The number of hydrogen-bond donors (Lipinski definition) is 1. The van der Waals surface area contributed by atoms with Crippen molar-refractivity contribution in [3.63, 3.8) is 0 Å². The summed E-state index contributed by atoms with van der Waals surface area (Å²) in [6.07, 6.45) is 5.32. The fourth-order valence-electron chi connectivity index (χ4n) is 2.49. The lowest BCUT2D eigenvalue weighted by atomic mass is 10.1. The molecule has 1 saturated carbocycles. The maximum Gasteiger partial charge on any atom is 0.240 e. The standard InChI is InChI=1S/C11H20N2OS.ClH/c1-13(6-9-4-2-3-5-9)11(14)10-7-15-8-12-10;/h9-10,12H,2-8H2,1H3;1H/t10-;/m1./s1. The summed E-state index contributed by atoms with van der Waals surface area (Å²) in [7, 11) is 1.95. The van der Waals surface area contributed by atoms with Crippen LogP contribution in [0.5, 0.6) is 0 Å². The van der Waals surface area contributed by atoms with E-state index in [0.717, 1.165) is 24.1 Å². The lowest BCUT2D eigenvalue weighted by Crippen LogP contribution is -2.44. The maximum atomic E-state index is 12.0. The lowest BCUT2D eigenvalue weighted by Gasteiger charge is -2.23. The van der Waals surface area contributed by atoms with E-state index in [1.54, 1.807) is 0 Å². The molecule has 0 radical (unpaired) electrons. The second-order valence-electron chi connectivity index (χ2n) is 4.64. The van der Waals surface area contributed by atoms with Gasteiger partial charge in [-0.25, -0.2) is 0 Å². The van der Waals surface area contributed by atoms with E-state index in [9.17, 15) is 4.79 Å². The van der Waals surface area contributed by atoms with Crippen LogP contribution >= 0.6 is 24.2 Å². The van der Waals surface area contributed by atoms with Crippen LogP contribution in [0.2, 0.25) is 0 Å². The molecule has 16 heavy (non-hydrogen) atoms. The summed E-state index contributed by atoms with van der Waals surface area (Å²) >= 11 is 1.81. The first-order chi connectivity index (χ1) is 7.27. The number of nitrogens with one attached hydrogen (secondary N) is 1. The summed E-state index contributed by atoms with van der Waals surface area (Å²) in [4.78, 5) is 13.9. The molecule has 0 aromatic rings. The number of amides is 1. The molecule has 1 atom stereocenters. The average molecular weight is 265 g/mol. The highest BCUT2D eigenvalue weighted by atomic mass is 35.5. The molecule has 2 aliphatic rings. The predicted molar refractivity (Wildman–Crippen MR) is 71.1 cm³/mol. The van der Waals surface area contributed by atoms with Crippen molar-refractivity contribution >= 4 is 30.1 Å². The van der Waals surface area contributed by atoms with Gasteiger partial charge in [0.05, 0.1) is 6.04 Å². The van der Waals surface area contributed by atoms with Crippen LogP contribution in [-0.4, -0.2) is 42.1 Å². The highest BCUT2D eigenvalue weighted by molar-refractivity contribution is 7.99. The minimum absolute atomic E-state index is 0. The number of halogens is 1. The average Bonchev–Trinajstić information content (AvgIpc) is 2.88. The second-order valence-corrected chi connectivity index (χ2v) is 5.67. The molecule has 1 aliphatic carbocycles. The van der Waals surface area contributed by atoms with Crippen molar-refractivity contribution in [1.82, 2.24) is 10.2 Å². The molecule has 2 rings (SSSR count). The molecule has 0 spiro atoms.